The van der Waals surface area contributed by atoms with Gasteiger partial charge in [0.1, 0.15) is 10.7 Å². The molecule has 1 saturated heterocycles. The minimum Gasteiger partial charge on any atom is -0.333 e. The van der Waals surface area contributed by atoms with Crippen LogP contribution in [0.25, 0.3) is 0 Å². The van der Waals surface area contributed by atoms with E-state index in [9.17, 15) is 9.18 Å². The smallest absolute Gasteiger partial charge is 0.265 e. The Morgan fingerprint density at radius 2 is 2.17 bits per heavy atom. The number of amides is 1. The Morgan fingerprint density at radius 3 is 2.88 bits per heavy atom. The van der Waals surface area contributed by atoms with Crippen LogP contribution in [0.4, 0.5) is 4.39 Å². The number of rotatable bonds is 4. The third-order valence-electron chi connectivity index (χ3n) is 4.65. The van der Waals surface area contributed by atoms with E-state index in [-0.39, 0.29) is 17.8 Å². The van der Waals surface area contributed by atoms with E-state index in [0.29, 0.717) is 23.8 Å². The maximum absolute atomic E-state index is 13.0. The Kier molecular flexibility index (Phi) is 5.26. The van der Waals surface area contributed by atoms with Crippen molar-refractivity contribution >= 4 is 17.2 Å². The van der Waals surface area contributed by atoms with E-state index >= 15 is 0 Å². The van der Waals surface area contributed by atoms with Gasteiger partial charge >= 0.3 is 0 Å². The topological polar surface area (TPSA) is 59.2 Å². The van der Waals surface area contributed by atoms with Gasteiger partial charge in [0.15, 0.2) is 0 Å². The molecule has 1 fully saturated rings. The van der Waals surface area contributed by atoms with E-state index in [0.717, 1.165) is 30.0 Å². The van der Waals surface area contributed by atoms with Gasteiger partial charge in [-0.2, -0.15) is 0 Å². The number of carbonyl (C=O) groups excluding carboxylic acids is 1. The molecular weight excluding hydrogens is 325 g/mol. The number of hydrogen-bond donors (Lipinski definition) is 1. The molecule has 1 amide bonds. The van der Waals surface area contributed by atoms with Crippen molar-refractivity contribution in [3.05, 3.63) is 51.7 Å². The molecule has 1 aliphatic heterocycles. The van der Waals surface area contributed by atoms with Crippen molar-refractivity contribution in [1.82, 2.24) is 9.88 Å². The van der Waals surface area contributed by atoms with Crippen molar-refractivity contribution in [2.24, 2.45) is 11.7 Å². The summed E-state index contributed by atoms with van der Waals surface area (Å²) < 4.78 is 13.0. The summed E-state index contributed by atoms with van der Waals surface area (Å²) in [7, 11) is 0. The van der Waals surface area contributed by atoms with Gasteiger partial charge < -0.3 is 10.6 Å². The average molecular weight is 347 g/mol. The first-order chi connectivity index (χ1) is 11.6. The molecule has 2 aromatic rings. The molecular formula is C18H22FN3OS. The van der Waals surface area contributed by atoms with Gasteiger partial charge in [-0.1, -0.05) is 19.1 Å². The number of aromatic nitrogens is 1. The summed E-state index contributed by atoms with van der Waals surface area (Å²) in [6, 6.07) is 6.48. The van der Waals surface area contributed by atoms with Crippen molar-refractivity contribution in [1.29, 1.82) is 0 Å². The predicted molar refractivity (Wildman–Crippen MR) is 93.6 cm³/mol. The predicted octanol–water partition coefficient (Wildman–Crippen LogP) is 3.07. The lowest BCUT2D eigenvalue weighted by molar-refractivity contribution is 0.0537. The quantitative estimate of drug-likeness (QED) is 0.925. The summed E-state index contributed by atoms with van der Waals surface area (Å²) in [5.74, 6) is 0.208. The summed E-state index contributed by atoms with van der Waals surface area (Å²) in [5, 5.41) is 0.860. The van der Waals surface area contributed by atoms with Gasteiger partial charge in [-0.15, -0.1) is 11.3 Å². The van der Waals surface area contributed by atoms with Gasteiger partial charge in [-0.05, 0) is 36.5 Å². The van der Waals surface area contributed by atoms with E-state index < -0.39 is 0 Å². The van der Waals surface area contributed by atoms with Crippen LogP contribution in [0.5, 0.6) is 0 Å². The van der Waals surface area contributed by atoms with Crippen LogP contribution in [0.15, 0.2) is 30.5 Å². The standard InChI is InChI=1S/C18H22FN3OS/c1-12-3-2-8-22(15(12)10-20)18(23)16-11-21-17(24-16)9-13-4-6-14(19)7-5-13/h4-7,11-12,15H,2-3,8-10,20H2,1H3/t12-,15+/m1/s1. The second-order valence-electron chi connectivity index (χ2n) is 6.34. The normalized spacial score (nSPS) is 21.0. The summed E-state index contributed by atoms with van der Waals surface area (Å²) >= 11 is 1.41. The molecule has 4 nitrogen and oxygen atoms in total. The zero-order valence-electron chi connectivity index (χ0n) is 13.7. The van der Waals surface area contributed by atoms with Crippen LogP contribution in [0.3, 0.4) is 0 Å². The fourth-order valence-corrected chi connectivity index (χ4v) is 4.18. The van der Waals surface area contributed by atoms with Gasteiger partial charge in [0.2, 0.25) is 0 Å². The molecule has 1 aromatic carbocycles. The molecule has 128 valence electrons. The average Bonchev–Trinajstić information content (AvgIpc) is 3.04. The van der Waals surface area contributed by atoms with Crippen molar-refractivity contribution < 1.29 is 9.18 Å². The van der Waals surface area contributed by atoms with Crippen molar-refractivity contribution in [2.75, 3.05) is 13.1 Å². The number of nitrogens with two attached hydrogens (primary N) is 1. The van der Waals surface area contributed by atoms with Crippen LogP contribution in [0.2, 0.25) is 0 Å². The van der Waals surface area contributed by atoms with Crippen LogP contribution in [-0.2, 0) is 6.42 Å². The highest BCUT2D eigenvalue weighted by molar-refractivity contribution is 7.13. The lowest BCUT2D eigenvalue weighted by Gasteiger charge is -2.39. The van der Waals surface area contributed by atoms with E-state index in [2.05, 4.69) is 11.9 Å². The largest absolute Gasteiger partial charge is 0.333 e. The summed E-state index contributed by atoms with van der Waals surface area (Å²) in [5.41, 5.74) is 6.87. The van der Waals surface area contributed by atoms with Crippen LogP contribution >= 0.6 is 11.3 Å². The lowest BCUT2D eigenvalue weighted by atomic mass is 9.90. The molecule has 24 heavy (non-hydrogen) atoms. The molecule has 3 rings (SSSR count). The molecule has 1 aromatic heterocycles. The highest BCUT2D eigenvalue weighted by Gasteiger charge is 2.32. The van der Waals surface area contributed by atoms with Gasteiger partial charge in [0, 0.05) is 25.6 Å². The number of nitrogens with zero attached hydrogens (tertiary/aromatic N) is 2. The number of piperidine rings is 1. The first-order valence-electron chi connectivity index (χ1n) is 8.28. The fraction of sp³-hybridized carbons (Fsp3) is 0.444. The third-order valence-corrected chi connectivity index (χ3v) is 5.64. The highest BCUT2D eigenvalue weighted by Crippen LogP contribution is 2.26. The van der Waals surface area contributed by atoms with Crippen LogP contribution in [-0.4, -0.2) is 34.9 Å². The molecule has 0 radical (unpaired) electrons. The van der Waals surface area contributed by atoms with Gasteiger partial charge in [-0.3, -0.25) is 4.79 Å². The number of halogens is 1. The number of benzene rings is 1. The Bertz CT molecular complexity index is 701. The Hall–Kier alpha value is -1.79. The maximum Gasteiger partial charge on any atom is 0.265 e. The Balaban J connectivity index is 1.72. The molecule has 6 heteroatoms. The van der Waals surface area contributed by atoms with E-state index in [1.54, 1.807) is 18.3 Å². The monoisotopic (exact) mass is 347 g/mol. The molecule has 0 saturated carbocycles. The molecule has 0 unspecified atom stereocenters. The Labute approximate surface area is 145 Å². The van der Waals surface area contributed by atoms with Gasteiger partial charge in [0.25, 0.3) is 5.91 Å². The van der Waals surface area contributed by atoms with Crippen LogP contribution in [0.1, 0.15) is 40.0 Å². The summed E-state index contributed by atoms with van der Waals surface area (Å²) in [6.45, 7) is 3.41. The van der Waals surface area contributed by atoms with Crippen LogP contribution in [0, 0.1) is 11.7 Å². The maximum atomic E-state index is 13.0. The zero-order chi connectivity index (χ0) is 17.1. The SMILES string of the molecule is C[C@@H]1CCCN(C(=O)c2cnc(Cc3ccc(F)cc3)s2)[C@H]1CN. The highest BCUT2D eigenvalue weighted by atomic mass is 32.1. The number of likely N-dealkylation sites (tertiary alicyclic amines) is 1. The first kappa shape index (κ1) is 17.0. The van der Waals surface area contributed by atoms with E-state index in [1.807, 2.05) is 4.90 Å². The van der Waals surface area contributed by atoms with E-state index in [1.165, 1.54) is 23.5 Å². The molecule has 0 spiro atoms. The number of thiazole rings is 1. The van der Waals surface area contributed by atoms with Gasteiger partial charge in [-0.25, -0.2) is 9.37 Å². The molecule has 2 atom stereocenters. The van der Waals surface area contributed by atoms with Crippen molar-refractivity contribution in [3.63, 3.8) is 0 Å². The van der Waals surface area contributed by atoms with Crippen molar-refractivity contribution in [3.8, 4) is 0 Å². The molecule has 2 heterocycles. The second kappa shape index (κ2) is 7.40. The van der Waals surface area contributed by atoms with Gasteiger partial charge in [0.05, 0.1) is 11.2 Å². The molecule has 0 bridgehead atoms. The summed E-state index contributed by atoms with van der Waals surface area (Å²) in [6.07, 6.45) is 4.39. The van der Waals surface area contributed by atoms with E-state index in [4.69, 9.17) is 5.73 Å². The number of hydrogen-bond acceptors (Lipinski definition) is 4. The minimum atomic E-state index is -0.249. The van der Waals surface area contributed by atoms with Crippen molar-refractivity contribution in [2.45, 2.75) is 32.2 Å². The lowest BCUT2D eigenvalue weighted by Crippen LogP contribution is -2.51. The second-order valence-corrected chi connectivity index (χ2v) is 7.46. The molecule has 1 aliphatic rings. The fourth-order valence-electron chi connectivity index (χ4n) is 3.27. The Morgan fingerprint density at radius 1 is 1.42 bits per heavy atom. The summed E-state index contributed by atoms with van der Waals surface area (Å²) in [4.78, 5) is 19.7. The third kappa shape index (κ3) is 3.65. The molecule has 2 N–H and O–H groups in total. The zero-order valence-corrected chi connectivity index (χ0v) is 14.6. The minimum absolute atomic E-state index is 0.0276. The molecule has 0 aliphatic carbocycles. The first-order valence-corrected chi connectivity index (χ1v) is 9.10. The number of carbonyl (C=O) groups is 1. The van der Waals surface area contributed by atoms with Crippen LogP contribution < -0.4 is 5.73 Å².